The second-order valence-corrected chi connectivity index (χ2v) is 9.85. The van der Waals surface area contributed by atoms with Crippen molar-refractivity contribution in [2.75, 3.05) is 45.2 Å². The van der Waals surface area contributed by atoms with Crippen molar-refractivity contribution in [2.45, 2.75) is 19.1 Å². The Kier molecular flexibility index (Phi) is 6.65. The number of aromatic amines is 1. The molecule has 1 fully saturated rings. The number of morpholine rings is 1. The van der Waals surface area contributed by atoms with Gasteiger partial charge in [0.2, 0.25) is 0 Å². The van der Waals surface area contributed by atoms with Crippen LogP contribution in [-0.2, 0) is 4.74 Å². The highest BCUT2D eigenvalue weighted by Crippen LogP contribution is 2.31. The minimum absolute atomic E-state index is 0.0604. The molecule has 0 radical (unpaired) electrons. The largest absolute Gasteiger partial charge is 0.375 e. The van der Waals surface area contributed by atoms with Gasteiger partial charge in [-0.2, -0.15) is 0 Å². The van der Waals surface area contributed by atoms with E-state index < -0.39 is 0 Å². The van der Waals surface area contributed by atoms with Crippen LogP contribution in [0.1, 0.15) is 18.5 Å². The number of fused-ring (bicyclic) bond motifs is 1. The zero-order valence-corrected chi connectivity index (χ0v) is 21.0. The van der Waals surface area contributed by atoms with E-state index in [4.69, 9.17) is 16.3 Å². The summed E-state index contributed by atoms with van der Waals surface area (Å²) in [5.41, 5.74) is 4.64. The summed E-state index contributed by atoms with van der Waals surface area (Å²) in [7, 11) is 4.01. The van der Waals surface area contributed by atoms with E-state index in [1.807, 2.05) is 63.0 Å². The van der Waals surface area contributed by atoms with Gasteiger partial charge in [0.25, 0.3) is 5.56 Å². The summed E-state index contributed by atoms with van der Waals surface area (Å²) in [5.74, 6) is 0. The summed E-state index contributed by atoms with van der Waals surface area (Å²) in [6.45, 7) is 5.14. The summed E-state index contributed by atoms with van der Waals surface area (Å²) in [6, 6.07) is 13.4. The number of halogens is 1. The van der Waals surface area contributed by atoms with Gasteiger partial charge >= 0.3 is 0 Å². The number of rotatable bonds is 6. The lowest BCUT2D eigenvalue weighted by Gasteiger charge is -2.32. The van der Waals surface area contributed by atoms with E-state index in [0.29, 0.717) is 18.2 Å². The molecule has 7 nitrogen and oxygen atoms in total. The summed E-state index contributed by atoms with van der Waals surface area (Å²) < 4.78 is 7.47. The molecule has 0 amide bonds. The highest BCUT2D eigenvalue weighted by Gasteiger charge is 2.20. The predicted molar refractivity (Wildman–Crippen MR) is 142 cm³/mol. The van der Waals surface area contributed by atoms with Crippen LogP contribution in [0.15, 0.2) is 65.8 Å². The number of nitrogens with zero attached hydrogens (tertiary/aromatic N) is 4. The van der Waals surface area contributed by atoms with E-state index in [0.717, 1.165) is 46.5 Å². The number of aromatic nitrogens is 3. The minimum Gasteiger partial charge on any atom is -0.375 e. The monoisotopic (exact) mass is 491 g/mol. The maximum atomic E-state index is 13.4. The Morgan fingerprint density at radius 3 is 2.86 bits per heavy atom. The first kappa shape index (κ1) is 23.6. The third kappa shape index (κ3) is 4.98. The number of benzene rings is 1. The fourth-order valence-corrected chi connectivity index (χ4v) is 4.98. The molecule has 1 N–H and O–H groups in total. The van der Waals surface area contributed by atoms with Gasteiger partial charge in [-0.15, -0.1) is 0 Å². The van der Waals surface area contributed by atoms with Gasteiger partial charge in [-0.05, 0) is 56.4 Å². The molecular formula is C27H30ClN5O2. The van der Waals surface area contributed by atoms with Crippen LogP contribution in [-0.4, -0.2) is 65.9 Å². The topological polar surface area (TPSA) is 66.4 Å². The third-order valence-corrected chi connectivity index (χ3v) is 6.72. The number of nitrogens with one attached hydrogen (secondary N) is 1. The fourth-order valence-electron chi connectivity index (χ4n) is 4.79. The summed E-state index contributed by atoms with van der Waals surface area (Å²) in [6.07, 6.45) is 5.89. The Morgan fingerprint density at radius 1 is 1.26 bits per heavy atom. The van der Waals surface area contributed by atoms with Crippen molar-refractivity contribution in [3.63, 3.8) is 0 Å². The van der Waals surface area contributed by atoms with Crippen molar-refractivity contribution < 1.29 is 4.74 Å². The number of pyridine rings is 2. The average Bonchev–Trinajstić information content (AvgIpc) is 3.26. The van der Waals surface area contributed by atoms with Crippen LogP contribution in [0, 0.1) is 0 Å². The molecule has 1 aromatic carbocycles. The number of ether oxygens (including phenoxy) is 1. The molecule has 4 aromatic rings. The molecule has 1 saturated heterocycles. The molecule has 1 unspecified atom stereocenters. The van der Waals surface area contributed by atoms with Crippen LogP contribution < -0.4 is 10.5 Å². The molecule has 0 bridgehead atoms. The number of H-pyrrole nitrogens is 1. The van der Waals surface area contributed by atoms with Gasteiger partial charge in [-0.25, -0.2) is 4.98 Å². The Labute approximate surface area is 209 Å². The smallest absolute Gasteiger partial charge is 0.251 e. The van der Waals surface area contributed by atoms with Gasteiger partial charge in [-0.3, -0.25) is 4.79 Å². The molecule has 0 saturated carbocycles. The van der Waals surface area contributed by atoms with Gasteiger partial charge in [-0.1, -0.05) is 23.7 Å². The molecule has 8 heteroatoms. The maximum absolute atomic E-state index is 13.4. The van der Waals surface area contributed by atoms with Gasteiger partial charge in [0.1, 0.15) is 5.65 Å². The van der Waals surface area contributed by atoms with Gasteiger partial charge < -0.3 is 24.1 Å². The lowest BCUT2D eigenvalue weighted by atomic mass is 10.0. The van der Waals surface area contributed by atoms with Crippen molar-refractivity contribution in [1.29, 1.82) is 0 Å². The number of likely N-dealkylation sites (N-methyl/N-ethyl adjacent to an activating group) is 1. The molecule has 1 aliphatic rings. The van der Waals surface area contributed by atoms with Crippen molar-refractivity contribution >= 4 is 28.3 Å². The van der Waals surface area contributed by atoms with E-state index in [9.17, 15) is 4.79 Å². The lowest BCUT2D eigenvalue weighted by molar-refractivity contribution is 0.0532. The van der Waals surface area contributed by atoms with Crippen LogP contribution in [0.25, 0.3) is 22.2 Å². The zero-order valence-electron chi connectivity index (χ0n) is 20.2. The molecular weight excluding hydrogens is 462 g/mol. The van der Waals surface area contributed by atoms with Crippen molar-refractivity contribution in [2.24, 2.45) is 0 Å². The van der Waals surface area contributed by atoms with E-state index in [-0.39, 0.29) is 17.7 Å². The quantitative estimate of drug-likeness (QED) is 0.432. The van der Waals surface area contributed by atoms with E-state index in [1.54, 1.807) is 10.6 Å². The third-order valence-electron chi connectivity index (χ3n) is 6.49. The van der Waals surface area contributed by atoms with E-state index in [2.05, 4.69) is 32.8 Å². The summed E-state index contributed by atoms with van der Waals surface area (Å²) in [5, 5.41) is 1.66. The van der Waals surface area contributed by atoms with Gasteiger partial charge in [0, 0.05) is 54.1 Å². The molecule has 4 heterocycles. The van der Waals surface area contributed by atoms with Crippen molar-refractivity contribution in [3.8, 4) is 11.1 Å². The average molecular weight is 492 g/mol. The highest BCUT2D eigenvalue weighted by molar-refractivity contribution is 6.30. The second-order valence-electron chi connectivity index (χ2n) is 9.41. The first-order valence-electron chi connectivity index (χ1n) is 11.9. The summed E-state index contributed by atoms with van der Waals surface area (Å²) in [4.78, 5) is 25.6. The molecule has 3 aromatic heterocycles. The number of hydrogen-bond donors (Lipinski definition) is 1. The molecule has 2 atom stereocenters. The van der Waals surface area contributed by atoms with Crippen LogP contribution >= 0.6 is 11.6 Å². The SMILES string of the molecule is CC1CN(c2cnc3[nH]cc(-c4ccn([C@H](CN(C)C)c5cccc(Cl)c5)c(=O)c4)c3c2)CCO1. The highest BCUT2D eigenvalue weighted by atomic mass is 35.5. The Morgan fingerprint density at radius 2 is 2.11 bits per heavy atom. The first-order chi connectivity index (χ1) is 16.9. The standard InChI is InChI=1S/C27H30ClN5O2/c1-18-16-32(9-10-35-18)22-13-23-24(15-30-27(23)29-14-22)19-7-8-33(26(34)12-19)25(17-31(2)3)20-5-4-6-21(28)11-20/h4-8,11-15,18,25H,9-10,16-17H2,1-3H3,(H,29,30)/t18?,25-/m1/s1. The van der Waals surface area contributed by atoms with Crippen LogP contribution in [0.2, 0.25) is 5.02 Å². The van der Waals surface area contributed by atoms with Crippen molar-refractivity contribution in [3.05, 3.63) is 82.0 Å². The second kappa shape index (κ2) is 9.85. The molecule has 182 valence electrons. The molecule has 1 aliphatic heterocycles. The maximum Gasteiger partial charge on any atom is 0.251 e. The van der Waals surface area contributed by atoms with Crippen LogP contribution in [0.3, 0.4) is 0 Å². The summed E-state index contributed by atoms with van der Waals surface area (Å²) >= 11 is 6.26. The van der Waals surface area contributed by atoms with E-state index >= 15 is 0 Å². The lowest BCUT2D eigenvalue weighted by Crippen LogP contribution is -2.41. The Hall–Kier alpha value is -3.13. The molecule has 35 heavy (non-hydrogen) atoms. The van der Waals surface area contributed by atoms with Crippen molar-refractivity contribution in [1.82, 2.24) is 19.4 Å². The van der Waals surface area contributed by atoms with Crippen LogP contribution in [0.4, 0.5) is 5.69 Å². The van der Waals surface area contributed by atoms with Crippen LogP contribution in [0.5, 0.6) is 0 Å². The van der Waals surface area contributed by atoms with Gasteiger partial charge in [0.15, 0.2) is 0 Å². The first-order valence-corrected chi connectivity index (χ1v) is 12.2. The fraction of sp³-hybridized carbons (Fsp3) is 0.333. The predicted octanol–water partition coefficient (Wildman–Crippen LogP) is 4.42. The molecule has 5 rings (SSSR count). The normalized spacial score (nSPS) is 17.3. The Bertz CT molecular complexity index is 1400. The Balaban J connectivity index is 1.51. The minimum atomic E-state index is -0.148. The zero-order chi connectivity index (χ0) is 24.5. The van der Waals surface area contributed by atoms with E-state index in [1.165, 1.54) is 0 Å². The molecule has 0 aliphatic carbocycles. The number of anilines is 1. The molecule has 0 spiro atoms. The number of hydrogen-bond acceptors (Lipinski definition) is 5. The van der Waals surface area contributed by atoms with Gasteiger partial charge in [0.05, 0.1) is 30.6 Å².